The van der Waals surface area contributed by atoms with Crippen LogP contribution >= 0.6 is 0 Å². The molecular weight excluding hydrogens is 110 g/mol. The van der Waals surface area contributed by atoms with E-state index in [1.165, 1.54) is 0 Å². The summed E-state index contributed by atoms with van der Waals surface area (Å²) >= 11 is 0. The van der Waals surface area contributed by atoms with Gasteiger partial charge in [0.05, 0.1) is 0 Å². The van der Waals surface area contributed by atoms with E-state index in [1.807, 2.05) is 0 Å². The fourth-order valence-corrected chi connectivity index (χ4v) is 0.553. The molecule has 0 radical (unpaired) electrons. The lowest BCUT2D eigenvalue weighted by Crippen LogP contribution is -1.92. The molecule has 0 amide bonds. The Labute approximate surface area is 57.3 Å². The topological polar surface area (TPSA) is 26.0 Å². The Morgan fingerprint density at radius 3 is 2.67 bits per heavy atom. The minimum absolute atomic E-state index is 0.774. The van der Waals surface area contributed by atoms with Crippen LogP contribution in [0.15, 0.2) is 24.4 Å². The standard InChI is InChI=1S/C8H15N/c1-3-4-5-6-7-8(2)9/h4-5H,2-3,6-7,9H2,1H3/b5-4-. The zero-order chi connectivity index (χ0) is 7.11. The third-order valence-corrected chi connectivity index (χ3v) is 1.03. The van der Waals surface area contributed by atoms with Crippen LogP contribution in [0.3, 0.4) is 0 Å². The first kappa shape index (κ1) is 8.28. The molecule has 2 N–H and O–H groups in total. The Kier molecular flexibility index (Phi) is 4.98. The van der Waals surface area contributed by atoms with E-state index < -0.39 is 0 Å². The molecule has 0 aromatic rings. The Morgan fingerprint density at radius 2 is 2.22 bits per heavy atom. The SMILES string of the molecule is C=C(N)CC/C=C\CC. The summed E-state index contributed by atoms with van der Waals surface area (Å²) < 4.78 is 0. The maximum atomic E-state index is 5.35. The monoisotopic (exact) mass is 125 g/mol. The van der Waals surface area contributed by atoms with Gasteiger partial charge in [0, 0.05) is 5.70 Å². The zero-order valence-corrected chi connectivity index (χ0v) is 6.06. The van der Waals surface area contributed by atoms with E-state index in [2.05, 4.69) is 25.7 Å². The number of hydrogen-bond donors (Lipinski definition) is 1. The zero-order valence-electron chi connectivity index (χ0n) is 6.06. The molecule has 0 aliphatic carbocycles. The quantitative estimate of drug-likeness (QED) is 0.573. The molecule has 1 heteroatoms. The van der Waals surface area contributed by atoms with E-state index in [1.54, 1.807) is 0 Å². The maximum absolute atomic E-state index is 5.35. The van der Waals surface area contributed by atoms with Crippen LogP contribution in [-0.4, -0.2) is 0 Å². The minimum Gasteiger partial charge on any atom is -0.403 e. The normalized spacial score (nSPS) is 10.3. The van der Waals surface area contributed by atoms with Crippen molar-refractivity contribution in [1.82, 2.24) is 0 Å². The van der Waals surface area contributed by atoms with Gasteiger partial charge in [0.1, 0.15) is 0 Å². The lowest BCUT2D eigenvalue weighted by Gasteiger charge is -1.91. The van der Waals surface area contributed by atoms with E-state index >= 15 is 0 Å². The second-order valence-electron chi connectivity index (χ2n) is 2.08. The molecule has 0 saturated carbocycles. The smallest absolute Gasteiger partial charge is 0.00105 e. The van der Waals surface area contributed by atoms with Crippen molar-refractivity contribution in [3.05, 3.63) is 24.4 Å². The molecule has 0 aromatic heterocycles. The molecule has 52 valence electrons. The van der Waals surface area contributed by atoms with E-state index in [0.29, 0.717) is 0 Å². The van der Waals surface area contributed by atoms with Crippen LogP contribution in [0.2, 0.25) is 0 Å². The third-order valence-electron chi connectivity index (χ3n) is 1.03. The van der Waals surface area contributed by atoms with Crippen molar-refractivity contribution in [2.45, 2.75) is 26.2 Å². The molecule has 0 aliphatic rings. The first-order valence-electron chi connectivity index (χ1n) is 3.35. The van der Waals surface area contributed by atoms with Gasteiger partial charge in [-0.15, -0.1) is 0 Å². The predicted molar refractivity (Wildman–Crippen MR) is 42.0 cm³/mol. The van der Waals surface area contributed by atoms with Crippen molar-refractivity contribution in [1.29, 1.82) is 0 Å². The molecule has 0 fully saturated rings. The van der Waals surface area contributed by atoms with Gasteiger partial charge in [0.15, 0.2) is 0 Å². The lowest BCUT2D eigenvalue weighted by molar-refractivity contribution is 0.959. The van der Waals surface area contributed by atoms with Crippen molar-refractivity contribution in [3.63, 3.8) is 0 Å². The molecular formula is C8H15N. The summed E-state index contributed by atoms with van der Waals surface area (Å²) in [4.78, 5) is 0. The highest BCUT2D eigenvalue weighted by Gasteiger charge is 1.80. The van der Waals surface area contributed by atoms with Crippen LogP contribution < -0.4 is 5.73 Å². The van der Waals surface area contributed by atoms with Crippen LogP contribution in [0.5, 0.6) is 0 Å². The van der Waals surface area contributed by atoms with E-state index in [9.17, 15) is 0 Å². The third kappa shape index (κ3) is 7.28. The molecule has 9 heavy (non-hydrogen) atoms. The fourth-order valence-electron chi connectivity index (χ4n) is 0.553. The number of allylic oxidation sites excluding steroid dienone is 3. The highest BCUT2D eigenvalue weighted by Crippen LogP contribution is 1.96. The van der Waals surface area contributed by atoms with E-state index in [-0.39, 0.29) is 0 Å². The summed E-state index contributed by atoms with van der Waals surface area (Å²) in [6.45, 7) is 5.72. The summed E-state index contributed by atoms with van der Waals surface area (Å²) in [5.41, 5.74) is 6.12. The largest absolute Gasteiger partial charge is 0.403 e. The molecule has 0 unspecified atom stereocenters. The Hall–Kier alpha value is -0.720. The molecule has 0 rings (SSSR count). The van der Waals surface area contributed by atoms with Crippen LogP contribution in [-0.2, 0) is 0 Å². The summed E-state index contributed by atoms with van der Waals surface area (Å²) in [6.07, 6.45) is 7.33. The second kappa shape index (κ2) is 5.42. The molecule has 0 saturated heterocycles. The van der Waals surface area contributed by atoms with Gasteiger partial charge in [0.2, 0.25) is 0 Å². The van der Waals surface area contributed by atoms with Crippen LogP contribution in [0.25, 0.3) is 0 Å². The van der Waals surface area contributed by atoms with Crippen LogP contribution in [0.1, 0.15) is 26.2 Å². The summed E-state index contributed by atoms with van der Waals surface area (Å²) in [6, 6.07) is 0. The first-order valence-corrected chi connectivity index (χ1v) is 3.35. The first-order chi connectivity index (χ1) is 4.27. The minimum atomic E-state index is 0.774. The van der Waals surface area contributed by atoms with Gasteiger partial charge < -0.3 is 5.73 Å². The van der Waals surface area contributed by atoms with Crippen molar-refractivity contribution in [3.8, 4) is 0 Å². The highest BCUT2D eigenvalue weighted by atomic mass is 14.5. The molecule has 0 heterocycles. The van der Waals surface area contributed by atoms with Crippen LogP contribution in [0.4, 0.5) is 0 Å². The van der Waals surface area contributed by atoms with Gasteiger partial charge in [-0.2, -0.15) is 0 Å². The molecule has 0 bridgehead atoms. The summed E-state index contributed by atoms with van der Waals surface area (Å²) in [5, 5.41) is 0. The molecule has 0 aliphatic heterocycles. The Morgan fingerprint density at radius 1 is 1.56 bits per heavy atom. The highest BCUT2D eigenvalue weighted by molar-refractivity contribution is 4.90. The number of rotatable bonds is 4. The molecule has 1 nitrogen and oxygen atoms in total. The predicted octanol–water partition coefficient (Wildman–Crippen LogP) is 2.21. The molecule has 0 aromatic carbocycles. The second-order valence-corrected chi connectivity index (χ2v) is 2.08. The van der Waals surface area contributed by atoms with Crippen molar-refractivity contribution in [2.75, 3.05) is 0 Å². The molecule has 0 atom stereocenters. The summed E-state index contributed by atoms with van der Waals surface area (Å²) in [5.74, 6) is 0. The number of hydrogen-bond acceptors (Lipinski definition) is 1. The van der Waals surface area contributed by atoms with Gasteiger partial charge in [-0.25, -0.2) is 0 Å². The fraction of sp³-hybridized carbons (Fsp3) is 0.500. The van der Waals surface area contributed by atoms with Gasteiger partial charge in [-0.05, 0) is 19.3 Å². The van der Waals surface area contributed by atoms with Crippen molar-refractivity contribution in [2.24, 2.45) is 5.73 Å². The molecule has 0 spiro atoms. The van der Waals surface area contributed by atoms with Crippen LogP contribution in [0, 0.1) is 0 Å². The maximum Gasteiger partial charge on any atom is 0.00105 e. The van der Waals surface area contributed by atoms with E-state index in [4.69, 9.17) is 5.73 Å². The Bertz CT molecular complexity index is 103. The Balaban J connectivity index is 3.09. The van der Waals surface area contributed by atoms with Gasteiger partial charge >= 0.3 is 0 Å². The van der Waals surface area contributed by atoms with Gasteiger partial charge in [0.25, 0.3) is 0 Å². The van der Waals surface area contributed by atoms with Gasteiger partial charge in [-0.3, -0.25) is 0 Å². The van der Waals surface area contributed by atoms with Gasteiger partial charge in [-0.1, -0.05) is 25.7 Å². The van der Waals surface area contributed by atoms with Crippen molar-refractivity contribution < 1.29 is 0 Å². The average molecular weight is 125 g/mol. The van der Waals surface area contributed by atoms with Crippen molar-refractivity contribution >= 4 is 0 Å². The average Bonchev–Trinajstić information content (AvgIpc) is 1.80. The number of nitrogens with two attached hydrogens (primary N) is 1. The lowest BCUT2D eigenvalue weighted by atomic mass is 10.2. The van der Waals surface area contributed by atoms with E-state index in [0.717, 1.165) is 25.0 Å². The summed E-state index contributed by atoms with van der Waals surface area (Å²) in [7, 11) is 0.